The molecular weight excluding hydrogens is 536 g/mol. The first-order valence-corrected chi connectivity index (χ1v) is 13.5. The lowest BCUT2D eigenvalue weighted by Gasteiger charge is -2.51. The minimum atomic E-state index is -1.96. The number of halogens is 1. The Morgan fingerprint density at radius 1 is 1.24 bits per heavy atom. The quantitative estimate of drug-likeness (QED) is 0.567. The van der Waals surface area contributed by atoms with Crippen molar-refractivity contribution in [2.45, 2.75) is 55.5 Å². The first kappa shape index (κ1) is 24.6. The van der Waals surface area contributed by atoms with Crippen molar-refractivity contribution in [2.75, 3.05) is 14.2 Å². The maximum atomic E-state index is 14.2. The van der Waals surface area contributed by atoms with Crippen molar-refractivity contribution >= 4 is 21.8 Å². The summed E-state index contributed by atoms with van der Waals surface area (Å²) in [6.07, 6.45) is 10.0. The van der Waals surface area contributed by atoms with Gasteiger partial charge in [-0.1, -0.05) is 71.4 Å². The molecule has 2 heterocycles. The number of benzene rings is 1. The molecule has 37 heavy (non-hydrogen) atoms. The van der Waals surface area contributed by atoms with Crippen LogP contribution in [0.2, 0.25) is 0 Å². The number of hydrogen-bond acceptors (Lipinski definition) is 6. The van der Waals surface area contributed by atoms with Crippen LogP contribution in [0, 0.1) is 11.3 Å². The summed E-state index contributed by atoms with van der Waals surface area (Å²) in [5.41, 5.74) is -3.05. The Hall–Kier alpha value is -2.68. The summed E-state index contributed by atoms with van der Waals surface area (Å²) in [5.74, 6) is -1.13. The summed E-state index contributed by atoms with van der Waals surface area (Å²) in [7, 11) is 3.29. The van der Waals surface area contributed by atoms with Gasteiger partial charge in [0.1, 0.15) is 17.6 Å². The zero-order valence-electron chi connectivity index (χ0n) is 21.1. The Kier molecular flexibility index (Phi) is 5.60. The molecule has 0 spiro atoms. The number of hydrogen-bond donors (Lipinski definition) is 2. The van der Waals surface area contributed by atoms with Gasteiger partial charge in [-0.05, 0) is 24.8 Å². The Labute approximate surface area is 224 Å². The number of ether oxygens (including phenoxy) is 2. The Morgan fingerprint density at radius 2 is 1.97 bits per heavy atom. The molecule has 194 valence electrons. The van der Waals surface area contributed by atoms with Gasteiger partial charge >= 0.3 is 0 Å². The zero-order valence-corrected chi connectivity index (χ0v) is 22.7. The van der Waals surface area contributed by atoms with E-state index >= 15 is 0 Å². The molecule has 1 aromatic heterocycles. The highest BCUT2D eigenvalue weighted by molar-refractivity contribution is 9.11. The molecule has 2 fully saturated rings. The van der Waals surface area contributed by atoms with Gasteiger partial charge in [0.15, 0.2) is 11.2 Å². The van der Waals surface area contributed by atoms with E-state index in [9.17, 15) is 15.0 Å². The normalized spacial score (nSPS) is 35.8. The number of nitrogens with zero attached hydrogens (tertiary/aromatic N) is 2. The van der Waals surface area contributed by atoms with Gasteiger partial charge in [0.05, 0.1) is 31.0 Å². The minimum Gasteiger partial charge on any atom is -0.495 e. The van der Waals surface area contributed by atoms with Gasteiger partial charge in [0.2, 0.25) is 5.91 Å². The van der Waals surface area contributed by atoms with Gasteiger partial charge in [-0.15, -0.1) is 0 Å². The molecule has 6 rings (SSSR count). The fraction of sp³-hybridized carbons (Fsp3) is 0.448. The van der Waals surface area contributed by atoms with E-state index in [1.165, 1.54) is 13.3 Å². The maximum Gasteiger partial charge on any atom is 0.229 e. The molecule has 1 aromatic carbocycles. The highest BCUT2D eigenvalue weighted by atomic mass is 79.9. The third-order valence-electron chi connectivity index (χ3n) is 8.95. The molecule has 2 saturated carbocycles. The molecular formula is C29H31BrN2O5. The summed E-state index contributed by atoms with van der Waals surface area (Å²) >= 11 is 3.56. The number of rotatable bonds is 5. The Bertz CT molecular complexity index is 1310. The highest BCUT2D eigenvalue weighted by Crippen LogP contribution is 2.72. The standard InChI is InChI=1S/C29H31BrN2O5/c1-27(13-11-18(30)12-14-27)29-23(17-7-5-4-6-8-17)22(26(34)32(2)19-9-10-19)25(33)28(29,35)24-20(36-3)15-31-16-21(24)37-29/h4-8,11-13,15-16,19,22-23,25,33,35H,9-10,14H2,1-3H3/t22-,23-,25-,27?,28+,29-/m1/s1. The number of aliphatic hydroxyl groups is 2. The predicted octanol–water partition coefficient (Wildman–Crippen LogP) is 4.05. The van der Waals surface area contributed by atoms with E-state index in [0.29, 0.717) is 23.5 Å². The Morgan fingerprint density at radius 3 is 2.59 bits per heavy atom. The predicted molar refractivity (Wildman–Crippen MR) is 141 cm³/mol. The highest BCUT2D eigenvalue weighted by Gasteiger charge is 2.81. The number of amides is 1. The van der Waals surface area contributed by atoms with Crippen molar-refractivity contribution in [3.8, 4) is 11.5 Å². The molecule has 3 aliphatic carbocycles. The van der Waals surface area contributed by atoms with Crippen LogP contribution in [0.25, 0.3) is 0 Å². The van der Waals surface area contributed by atoms with Gasteiger partial charge < -0.3 is 24.6 Å². The van der Waals surface area contributed by atoms with Crippen LogP contribution >= 0.6 is 15.9 Å². The first-order chi connectivity index (χ1) is 17.7. The van der Waals surface area contributed by atoms with Crippen LogP contribution in [0.5, 0.6) is 11.5 Å². The van der Waals surface area contributed by atoms with Crippen LogP contribution in [-0.2, 0) is 10.4 Å². The van der Waals surface area contributed by atoms with Crippen molar-refractivity contribution < 1.29 is 24.5 Å². The number of aromatic nitrogens is 1. The molecule has 1 amide bonds. The minimum absolute atomic E-state index is 0.151. The molecule has 8 heteroatoms. The summed E-state index contributed by atoms with van der Waals surface area (Å²) in [5, 5.41) is 25.2. The summed E-state index contributed by atoms with van der Waals surface area (Å²) in [6.45, 7) is 2.02. The van der Waals surface area contributed by atoms with Crippen LogP contribution in [-0.4, -0.2) is 57.9 Å². The fourth-order valence-corrected chi connectivity index (χ4v) is 7.27. The van der Waals surface area contributed by atoms with Crippen LogP contribution in [0.1, 0.15) is 43.2 Å². The molecule has 1 aliphatic heterocycles. The van der Waals surface area contributed by atoms with Crippen LogP contribution < -0.4 is 9.47 Å². The van der Waals surface area contributed by atoms with Gasteiger partial charge in [0, 0.05) is 28.9 Å². The van der Waals surface area contributed by atoms with Crippen LogP contribution in [0.15, 0.2) is 65.4 Å². The van der Waals surface area contributed by atoms with Crippen molar-refractivity contribution in [3.05, 3.63) is 76.6 Å². The lowest BCUT2D eigenvalue weighted by atomic mass is 9.58. The number of aliphatic hydroxyl groups excluding tert-OH is 1. The molecule has 4 aliphatic rings. The molecule has 6 atom stereocenters. The second kappa shape index (κ2) is 8.41. The van der Waals surface area contributed by atoms with Gasteiger partial charge in [-0.2, -0.15) is 0 Å². The fourth-order valence-electron chi connectivity index (χ4n) is 6.98. The van der Waals surface area contributed by atoms with Crippen molar-refractivity contribution in [3.63, 3.8) is 0 Å². The number of methoxy groups -OCH3 is 1. The molecule has 0 saturated heterocycles. The molecule has 7 nitrogen and oxygen atoms in total. The van der Waals surface area contributed by atoms with Gasteiger partial charge in [0.25, 0.3) is 0 Å². The van der Waals surface area contributed by atoms with Crippen molar-refractivity contribution in [2.24, 2.45) is 11.3 Å². The lowest BCUT2D eigenvalue weighted by molar-refractivity contribution is -0.185. The summed E-state index contributed by atoms with van der Waals surface area (Å²) in [4.78, 5) is 20.2. The lowest BCUT2D eigenvalue weighted by Crippen LogP contribution is -2.63. The van der Waals surface area contributed by atoms with Gasteiger partial charge in [-0.3, -0.25) is 9.78 Å². The van der Waals surface area contributed by atoms with Crippen molar-refractivity contribution in [1.82, 2.24) is 9.88 Å². The molecule has 0 radical (unpaired) electrons. The Balaban J connectivity index is 1.66. The monoisotopic (exact) mass is 566 g/mol. The third-order valence-corrected chi connectivity index (χ3v) is 9.53. The zero-order chi connectivity index (χ0) is 26.2. The van der Waals surface area contributed by atoms with E-state index in [1.807, 2.05) is 55.5 Å². The van der Waals surface area contributed by atoms with Crippen molar-refractivity contribution in [1.29, 1.82) is 0 Å². The average Bonchev–Trinajstić information content (AvgIpc) is 3.69. The number of pyridine rings is 1. The van der Waals surface area contributed by atoms with E-state index in [0.717, 1.165) is 22.9 Å². The summed E-state index contributed by atoms with van der Waals surface area (Å²) in [6, 6.07) is 9.80. The third kappa shape index (κ3) is 3.18. The van der Waals surface area contributed by atoms with E-state index < -0.39 is 34.6 Å². The molecule has 2 N–H and O–H groups in total. The second-order valence-electron chi connectivity index (χ2n) is 10.9. The smallest absolute Gasteiger partial charge is 0.229 e. The van der Waals surface area contributed by atoms with Gasteiger partial charge in [-0.25, -0.2) is 0 Å². The largest absolute Gasteiger partial charge is 0.495 e. The molecule has 2 aromatic rings. The maximum absolute atomic E-state index is 14.2. The van der Waals surface area contributed by atoms with E-state index in [1.54, 1.807) is 18.1 Å². The van der Waals surface area contributed by atoms with Crippen LogP contribution in [0.3, 0.4) is 0 Å². The SMILES string of the molecule is COc1cncc2c1[C@]1(O)[C@H](O)[C@H](C(=O)N(C)C3CC3)[C@@H](c3ccccc3)[C@]1(C1(C)C=CC(Br)=CC1)O2. The van der Waals surface area contributed by atoms with E-state index in [-0.39, 0.29) is 11.9 Å². The van der Waals surface area contributed by atoms with E-state index in [4.69, 9.17) is 9.47 Å². The number of carbonyl (C=O) groups is 1. The first-order valence-electron chi connectivity index (χ1n) is 12.7. The van der Waals surface area contributed by atoms with E-state index in [2.05, 4.69) is 20.9 Å². The number of fused-ring (bicyclic) bond motifs is 3. The topological polar surface area (TPSA) is 92.1 Å². The number of allylic oxidation sites excluding steroid dienone is 3. The number of carbonyl (C=O) groups excluding carboxylic acids is 1. The second-order valence-corrected chi connectivity index (χ2v) is 11.8. The van der Waals surface area contributed by atoms with Crippen LogP contribution in [0.4, 0.5) is 0 Å². The average molecular weight is 567 g/mol. The summed E-state index contributed by atoms with van der Waals surface area (Å²) < 4.78 is 13.5. The molecule has 0 bridgehead atoms. The molecule has 1 unspecified atom stereocenters.